The van der Waals surface area contributed by atoms with Gasteiger partial charge < -0.3 is 24.4 Å². The number of ether oxygens (including phenoxy) is 3. The van der Waals surface area contributed by atoms with E-state index >= 15 is 0 Å². The molecule has 0 amide bonds. The molecule has 0 aliphatic heterocycles. The van der Waals surface area contributed by atoms with Crippen molar-refractivity contribution >= 4 is 41.3 Å². The van der Waals surface area contributed by atoms with Crippen LogP contribution in [0.3, 0.4) is 0 Å². The molecule has 0 aromatic carbocycles. The molecular formula is C26H35ClO10. The summed E-state index contributed by atoms with van der Waals surface area (Å²) in [5.74, 6) is -5.81. The van der Waals surface area contributed by atoms with Gasteiger partial charge in [0.05, 0.1) is 11.0 Å². The molecule has 0 heterocycles. The number of carboxylic acids is 1. The molecular weight excluding hydrogens is 508 g/mol. The fraction of sp³-hybridized carbons (Fsp3) is 0.577. The molecule has 0 spiro atoms. The van der Waals surface area contributed by atoms with Gasteiger partial charge in [0.25, 0.3) is 0 Å². The number of halogens is 1. The molecule has 11 heteroatoms. The zero-order valence-electron chi connectivity index (χ0n) is 21.5. The summed E-state index contributed by atoms with van der Waals surface area (Å²) in [6.07, 6.45) is 5.08. The van der Waals surface area contributed by atoms with Gasteiger partial charge in [0, 0.05) is 27.2 Å². The Balaban J connectivity index is 3.49. The van der Waals surface area contributed by atoms with Gasteiger partial charge in [-0.2, -0.15) is 0 Å². The van der Waals surface area contributed by atoms with Gasteiger partial charge in [0.1, 0.15) is 11.7 Å². The van der Waals surface area contributed by atoms with Crippen LogP contribution in [-0.4, -0.2) is 63.8 Å². The molecule has 0 radical (unpaired) electrons. The van der Waals surface area contributed by atoms with Crippen molar-refractivity contribution in [1.82, 2.24) is 0 Å². The highest BCUT2D eigenvalue weighted by Crippen LogP contribution is 2.41. The zero-order chi connectivity index (χ0) is 28.2. The van der Waals surface area contributed by atoms with Crippen LogP contribution in [0.2, 0.25) is 0 Å². The predicted octanol–water partition coefficient (Wildman–Crippen LogP) is 3.39. The maximum atomic E-state index is 13.1. The van der Waals surface area contributed by atoms with Gasteiger partial charge in [0.15, 0.2) is 18.0 Å². The van der Waals surface area contributed by atoms with Crippen LogP contribution in [0, 0.1) is 5.92 Å². The van der Waals surface area contributed by atoms with E-state index in [1.165, 1.54) is 0 Å². The third-order valence-electron chi connectivity index (χ3n) is 5.54. The van der Waals surface area contributed by atoms with E-state index in [1.807, 2.05) is 19.1 Å². The average molecular weight is 543 g/mol. The van der Waals surface area contributed by atoms with Crippen molar-refractivity contribution in [2.24, 2.45) is 5.92 Å². The zero-order valence-corrected chi connectivity index (χ0v) is 22.2. The lowest BCUT2D eigenvalue weighted by Gasteiger charge is -2.39. The van der Waals surface area contributed by atoms with Crippen LogP contribution in [0.5, 0.6) is 0 Å². The number of carbonyl (C=O) groups excluding carboxylic acids is 4. The van der Waals surface area contributed by atoms with Gasteiger partial charge >= 0.3 is 23.9 Å². The van der Waals surface area contributed by atoms with Crippen LogP contribution >= 0.6 is 11.6 Å². The van der Waals surface area contributed by atoms with Crippen LogP contribution in [0.25, 0.3) is 0 Å². The summed E-state index contributed by atoms with van der Waals surface area (Å²) < 4.78 is 16.1. The number of hydrogen-bond donors (Lipinski definition) is 2. The summed E-state index contributed by atoms with van der Waals surface area (Å²) in [6, 6.07) is 0. The number of Topliss-reactive ketones (excluding diaryl/α,β-unsaturated/α-hetero) is 1. The normalized spacial score (nSPS) is 21.9. The molecule has 0 aromatic heterocycles. The van der Waals surface area contributed by atoms with Crippen LogP contribution < -0.4 is 0 Å². The highest BCUT2D eigenvalue weighted by Gasteiger charge is 2.56. The molecule has 2 N–H and O–H groups in total. The number of esters is 3. The van der Waals surface area contributed by atoms with Crippen LogP contribution in [0.1, 0.15) is 66.2 Å². The standard InChI is InChI=1S/C26H35ClO10/c1-5-6-7-8-9-10-14-26(34)15-19(27)23(33)22(26)25(37-18(4)30)24(36-17(3)29)20(35-16(2)28)12-11-13-21(31)32/h6-7,9-10,15,20,22,24-25,34H,5,8,11-14H2,1-4H3,(H,31,32)/b7-6-,10-9-. The molecule has 5 unspecified atom stereocenters. The minimum absolute atomic E-state index is 0.0216. The van der Waals surface area contributed by atoms with Gasteiger partial charge in [-0.05, 0) is 38.2 Å². The maximum absolute atomic E-state index is 13.1. The van der Waals surface area contributed by atoms with Crippen molar-refractivity contribution in [3.8, 4) is 0 Å². The number of ketones is 1. The Kier molecular flexibility index (Phi) is 13.3. The summed E-state index contributed by atoms with van der Waals surface area (Å²) in [5.41, 5.74) is -1.92. The van der Waals surface area contributed by atoms with Gasteiger partial charge in [-0.15, -0.1) is 0 Å². The van der Waals surface area contributed by atoms with E-state index in [1.54, 1.807) is 12.2 Å². The first-order valence-corrected chi connectivity index (χ1v) is 12.4. The lowest BCUT2D eigenvalue weighted by atomic mass is 9.79. The van der Waals surface area contributed by atoms with E-state index in [0.29, 0.717) is 6.42 Å². The molecule has 10 nitrogen and oxygen atoms in total. The van der Waals surface area contributed by atoms with Crippen LogP contribution in [0.4, 0.5) is 0 Å². The Labute approximate surface area is 221 Å². The van der Waals surface area contributed by atoms with Crippen molar-refractivity contribution in [1.29, 1.82) is 0 Å². The van der Waals surface area contributed by atoms with Gasteiger partial charge in [0.2, 0.25) is 0 Å². The van der Waals surface area contributed by atoms with E-state index in [2.05, 4.69) is 0 Å². The number of hydrogen-bond acceptors (Lipinski definition) is 9. The molecule has 0 fully saturated rings. The van der Waals surface area contributed by atoms with E-state index < -0.39 is 59.5 Å². The fourth-order valence-corrected chi connectivity index (χ4v) is 4.41. The molecule has 1 aliphatic carbocycles. The lowest BCUT2D eigenvalue weighted by Crippen LogP contribution is -2.55. The smallest absolute Gasteiger partial charge is 0.303 e. The fourth-order valence-electron chi connectivity index (χ4n) is 4.11. The Morgan fingerprint density at radius 3 is 2.16 bits per heavy atom. The molecule has 37 heavy (non-hydrogen) atoms. The molecule has 5 atom stereocenters. The van der Waals surface area contributed by atoms with Gasteiger partial charge in [-0.25, -0.2) is 0 Å². The summed E-state index contributed by atoms with van der Waals surface area (Å²) in [4.78, 5) is 60.1. The molecule has 0 saturated heterocycles. The van der Waals surface area contributed by atoms with E-state index in [-0.39, 0.29) is 30.7 Å². The number of aliphatic hydroxyl groups is 1. The third-order valence-corrected chi connectivity index (χ3v) is 5.83. The summed E-state index contributed by atoms with van der Waals surface area (Å²) in [5, 5.41) is 20.2. The first-order chi connectivity index (χ1) is 17.3. The van der Waals surface area contributed by atoms with Crippen molar-refractivity contribution < 1.29 is 48.4 Å². The Morgan fingerprint density at radius 2 is 1.62 bits per heavy atom. The second-order valence-corrected chi connectivity index (χ2v) is 9.11. The van der Waals surface area contributed by atoms with Crippen LogP contribution in [-0.2, 0) is 38.2 Å². The van der Waals surface area contributed by atoms with Crippen molar-refractivity contribution in [3.63, 3.8) is 0 Å². The minimum atomic E-state index is -1.92. The molecule has 0 saturated carbocycles. The second-order valence-electron chi connectivity index (χ2n) is 8.70. The molecule has 0 bridgehead atoms. The molecule has 1 aliphatic rings. The van der Waals surface area contributed by atoms with Gasteiger partial charge in [-0.3, -0.25) is 24.0 Å². The SMILES string of the molecule is CC/C=C\C/C=C\CC1(O)C=C(Cl)C(=O)C1C(OC(C)=O)C(OC(C)=O)C(CCCC(=O)O)OC(C)=O. The minimum Gasteiger partial charge on any atom is -0.481 e. The van der Waals surface area contributed by atoms with Crippen molar-refractivity contribution in [2.75, 3.05) is 0 Å². The molecule has 0 aromatic rings. The largest absolute Gasteiger partial charge is 0.481 e. The second kappa shape index (κ2) is 15.3. The Bertz CT molecular complexity index is 938. The first kappa shape index (κ1) is 32.0. The topological polar surface area (TPSA) is 154 Å². The average Bonchev–Trinajstić information content (AvgIpc) is 2.99. The maximum Gasteiger partial charge on any atom is 0.303 e. The highest BCUT2D eigenvalue weighted by atomic mass is 35.5. The van der Waals surface area contributed by atoms with E-state index in [9.17, 15) is 29.1 Å². The lowest BCUT2D eigenvalue weighted by molar-refractivity contribution is -0.194. The number of aliphatic carboxylic acids is 1. The number of rotatable bonds is 15. The van der Waals surface area contributed by atoms with Crippen molar-refractivity contribution in [3.05, 3.63) is 35.4 Å². The quantitative estimate of drug-likeness (QED) is 0.179. The highest BCUT2D eigenvalue weighted by molar-refractivity contribution is 6.44. The summed E-state index contributed by atoms with van der Waals surface area (Å²) in [6.45, 7) is 5.23. The Morgan fingerprint density at radius 1 is 1.03 bits per heavy atom. The Hall–Kier alpha value is -2.98. The number of carboxylic acid groups (broad SMARTS) is 1. The van der Waals surface area contributed by atoms with Crippen LogP contribution in [0.15, 0.2) is 35.4 Å². The monoisotopic (exact) mass is 542 g/mol. The summed E-state index contributed by atoms with van der Waals surface area (Å²) >= 11 is 6.11. The molecule has 206 valence electrons. The van der Waals surface area contributed by atoms with Crippen molar-refractivity contribution in [2.45, 2.75) is 90.1 Å². The van der Waals surface area contributed by atoms with E-state index in [0.717, 1.165) is 33.3 Å². The number of carbonyl (C=O) groups is 5. The molecule has 1 rings (SSSR count). The number of allylic oxidation sites excluding steroid dienone is 4. The van der Waals surface area contributed by atoms with E-state index in [4.69, 9.17) is 30.9 Å². The third kappa shape index (κ3) is 10.5. The first-order valence-electron chi connectivity index (χ1n) is 12.0. The predicted molar refractivity (Wildman–Crippen MR) is 133 cm³/mol. The van der Waals surface area contributed by atoms with Gasteiger partial charge in [-0.1, -0.05) is 42.8 Å². The summed E-state index contributed by atoms with van der Waals surface area (Å²) in [7, 11) is 0.